The zero-order chi connectivity index (χ0) is 10.7. The highest BCUT2D eigenvalue weighted by Gasteiger charge is 2.13. The molecule has 0 aliphatic heterocycles. The molecule has 0 saturated heterocycles. The van der Waals surface area contributed by atoms with Crippen molar-refractivity contribution in [3.8, 4) is 5.75 Å². The molecule has 0 saturated carbocycles. The normalized spacial score (nSPS) is 9.64. The van der Waals surface area contributed by atoms with Crippen LogP contribution in [-0.2, 0) is 4.74 Å². The van der Waals surface area contributed by atoms with Crippen molar-refractivity contribution in [1.82, 2.24) is 0 Å². The van der Waals surface area contributed by atoms with E-state index >= 15 is 0 Å². The number of hydrogen-bond acceptors (Lipinski definition) is 4. The zero-order valence-corrected chi connectivity index (χ0v) is 8.46. The maximum absolute atomic E-state index is 11.3. The number of nitrogen functional groups attached to an aromatic ring is 1. The summed E-state index contributed by atoms with van der Waals surface area (Å²) in [6.45, 7) is 1.78. The standard InChI is InChI=1S/C10H13NO3/c1-6-8(10(12)14-3)4-7(11)5-9(6)13-2/h4-5H,11H2,1-3H3. The average molecular weight is 195 g/mol. The maximum Gasteiger partial charge on any atom is 0.338 e. The van der Waals surface area contributed by atoms with Crippen LogP contribution in [0.1, 0.15) is 15.9 Å². The van der Waals surface area contributed by atoms with Crippen molar-refractivity contribution >= 4 is 11.7 Å². The first-order valence-corrected chi connectivity index (χ1v) is 4.12. The van der Waals surface area contributed by atoms with E-state index in [1.165, 1.54) is 14.2 Å². The molecule has 1 aromatic rings. The van der Waals surface area contributed by atoms with Crippen LogP contribution in [0.25, 0.3) is 0 Å². The SMILES string of the molecule is COC(=O)c1cc(N)cc(OC)c1C. The van der Waals surface area contributed by atoms with Crippen molar-refractivity contribution in [3.05, 3.63) is 23.3 Å². The van der Waals surface area contributed by atoms with Crippen LogP contribution in [0.2, 0.25) is 0 Å². The first-order valence-electron chi connectivity index (χ1n) is 4.12. The summed E-state index contributed by atoms with van der Waals surface area (Å²) >= 11 is 0. The Kier molecular flexibility index (Phi) is 2.96. The molecular weight excluding hydrogens is 182 g/mol. The Morgan fingerprint density at radius 3 is 2.50 bits per heavy atom. The molecule has 0 amide bonds. The monoisotopic (exact) mass is 195 g/mol. The molecule has 4 heteroatoms. The van der Waals surface area contributed by atoms with Gasteiger partial charge in [-0.25, -0.2) is 4.79 Å². The summed E-state index contributed by atoms with van der Waals surface area (Å²) < 4.78 is 9.69. The van der Waals surface area contributed by atoms with Gasteiger partial charge in [-0.2, -0.15) is 0 Å². The Bertz CT molecular complexity index is 361. The molecule has 0 heterocycles. The van der Waals surface area contributed by atoms with Crippen LogP contribution in [0.15, 0.2) is 12.1 Å². The van der Waals surface area contributed by atoms with Crippen LogP contribution in [-0.4, -0.2) is 20.2 Å². The second-order valence-corrected chi connectivity index (χ2v) is 2.89. The van der Waals surface area contributed by atoms with E-state index in [1.807, 2.05) is 0 Å². The van der Waals surface area contributed by atoms with Gasteiger partial charge in [-0.3, -0.25) is 0 Å². The van der Waals surface area contributed by atoms with Crippen LogP contribution in [0.3, 0.4) is 0 Å². The van der Waals surface area contributed by atoms with E-state index < -0.39 is 5.97 Å². The lowest BCUT2D eigenvalue weighted by atomic mass is 10.1. The minimum atomic E-state index is -0.409. The van der Waals surface area contributed by atoms with Gasteiger partial charge in [-0.15, -0.1) is 0 Å². The Morgan fingerprint density at radius 1 is 1.36 bits per heavy atom. The van der Waals surface area contributed by atoms with Crippen LogP contribution < -0.4 is 10.5 Å². The number of rotatable bonds is 2. The average Bonchev–Trinajstić information content (AvgIpc) is 2.19. The second-order valence-electron chi connectivity index (χ2n) is 2.89. The number of carbonyl (C=O) groups is 1. The van der Waals surface area contributed by atoms with Gasteiger partial charge in [0.05, 0.1) is 19.8 Å². The zero-order valence-electron chi connectivity index (χ0n) is 8.46. The van der Waals surface area contributed by atoms with Gasteiger partial charge in [0.1, 0.15) is 5.75 Å². The molecule has 0 aliphatic carbocycles. The minimum absolute atomic E-state index is 0.409. The molecule has 0 atom stereocenters. The summed E-state index contributed by atoms with van der Waals surface area (Å²) in [4.78, 5) is 11.3. The van der Waals surface area contributed by atoms with Gasteiger partial charge in [-0.05, 0) is 13.0 Å². The Hall–Kier alpha value is -1.71. The smallest absolute Gasteiger partial charge is 0.338 e. The maximum atomic E-state index is 11.3. The predicted octanol–water partition coefficient (Wildman–Crippen LogP) is 1.37. The molecule has 0 aliphatic rings. The second kappa shape index (κ2) is 4.00. The van der Waals surface area contributed by atoms with E-state index in [-0.39, 0.29) is 0 Å². The molecule has 4 nitrogen and oxygen atoms in total. The van der Waals surface area contributed by atoms with Crippen LogP contribution in [0, 0.1) is 6.92 Å². The Balaban J connectivity index is 3.29. The molecule has 1 rings (SSSR count). The molecule has 0 radical (unpaired) electrons. The number of methoxy groups -OCH3 is 2. The fourth-order valence-corrected chi connectivity index (χ4v) is 1.24. The lowest BCUT2D eigenvalue weighted by molar-refractivity contribution is 0.0599. The third-order valence-electron chi connectivity index (χ3n) is 2.01. The molecule has 1 aromatic carbocycles. The van der Waals surface area contributed by atoms with Gasteiger partial charge in [0.2, 0.25) is 0 Å². The van der Waals surface area contributed by atoms with E-state index in [0.29, 0.717) is 17.0 Å². The van der Waals surface area contributed by atoms with Crippen molar-refractivity contribution in [2.45, 2.75) is 6.92 Å². The van der Waals surface area contributed by atoms with Crippen molar-refractivity contribution in [2.75, 3.05) is 20.0 Å². The van der Waals surface area contributed by atoms with Gasteiger partial charge >= 0.3 is 5.97 Å². The van der Waals surface area contributed by atoms with E-state index in [9.17, 15) is 4.79 Å². The fraction of sp³-hybridized carbons (Fsp3) is 0.300. The first kappa shape index (κ1) is 10.4. The number of carbonyl (C=O) groups excluding carboxylic acids is 1. The van der Waals surface area contributed by atoms with Gasteiger partial charge in [0, 0.05) is 17.3 Å². The number of benzene rings is 1. The first-order chi connectivity index (χ1) is 6.60. The topological polar surface area (TPSA) is 61.5 Å². The molecule has 0 unspecified atom stereocenters. The third-order valence-corrected chi connectivity index (χ3v) is 2.01. The quantitative estimate of drug-likeness (QED) is 0.572. The van der Waals surface area contributed by atoms with E-state index in [4.69, 9.17) is 10.5 Å². The largest absolute Gasteiger partial charge is 0.496 e. The molecule has 14 heavy (non-hydrogen) atoms. The summed E-state index contributed by atoms with van der Waals surface area (Å²) in [7, 11) is 2.86. The van der Waals surface area contributed by atoms with E-state index in [0.717, 1.165) is 5.56 Å². The summed E-state index contributed by atoms with van der Waals surface area (Å²) in [6.07, 6.45) is 0. The van der Waals surface area contributed by atoms with Crippen molar-refractivity contribution in [3.63, 3.8) is 0 Å². The molecular formula is C10H13NO3. The van der Waals surface area contributed by atoms with Crippen molar-refractivity contribution < 1.29 is 14.3 Å². The van der Waals surface area contributed by atoms with Crippen molar-refractivity contribution in [1.29, 1.82) is 0 Å². The highest BCUT2D eigenvalue weighted by molar-refractivity contribution is 5.92. The predicted molar refractivity (Wildman–Crippen MR) is 53.5 cm³/mol. The number of anilines is 1. The van der Waals surface area contributed by atoms with E-state index in [2.05, 4.69) is 4.74 Å². The van der Waals surface area contributed by atoms with Gasteiger partial charge in [-0.1, -0.05) is 0 Å². The highest BCUT2D eigenvalue weighted by Crippen LogP contribution is 2.25. The van der Waals surface area contributed by atoms with Gasteiger partial charge < -0.3 is 15.2 Å². The lowest BCUT2D eigenvalue weighted by Gasteiger charge is -2.09. The van der Waals surface area contributed by atoms with Gasteiger partial charge in [0.25, 0.3) is 0 Å². The highest BCUT2D eigenvalue weighted by atomic mass is 16.5. The minimum Gasteiger partial charge on any atom is -0.496 e. The molecule has 0 bridgehead atoms. The molecule has 0 fully saturated rings. The number of ether oxygens (including phenoxy) is 2. The number of nitrogens with two attached hydrogens (primary N) is 1. The lowest BCUT2D eigenvalue weighted by Crippen LogP contribution is -2.06. The summed E-state index contributed by atoms with van der Waals surface area (Å²) in [5, 5.41) is 0. The Labute approximate surface area is 82.6 Å². The van der Waals surface area contributed by atoms with Gasteiger partial charge in [0.15, 0.2) is 0 Å². The number of esters is 1. The molecule has 0 aromatic heterocycles. The fourth-order valence-electron chi connectivity index (χ4n) is 1.24. The molecule has 76 valence electrons. The van der Waals surface area contributed by atoms with Crippen molar-refractivity contribution in [2.24, 2.45) is 0 Å². The third kappa shape index (κ3) is 1.79. The molecule has 2 N–H and O–H groups in total. The summed E-state index contributed by atoms with van der Waals surface area (Å²) in [5.74, 6) is 0.179. The Morgan fingerprint density at radius 2 is 2.00 bits per heavy atom. The van der Waals surface area contributed by atoms with Crippen LogP contribution in [0.4, 0.5) is 5.69 Å². The number of hydrogen-bond donors (Lipinski definition) is 1. The van der Waals surface area contributed by atoms with Crippen LogP contribution in [0.5, 0.6) is 5.75 Å². The molecule has 0 spiro atoms. The summed E-state index contributed by atoms with van der Waals surface area (Å²) in [5.41, 5.74) is 7.25. The van der Waals surface area contributed by atoms with E-state index in [1.54, 1.807) is 19.1 Å². The summed E-state index contributed by atoms with van der Waals surface area (Å²) in [6, 6.07) is 3.24. The van der Waals surface area contributed by atoms with Crippen LogP contribution >= 0.6 is 0 Å².